The van der Waals surface area contributed by atoms with Crippen molar-refractivity contribution in [3.05, 3.63) is 58.9 Å². The molecule has 2 nitrogen and oxygen atoms in total. The number of ether oxygens (including phenoxy) is 1. The predicted octanol–water partition coefficient (Wildman–Crippen LogP) is 5.07. The largest absolute Gasteiger partial charge is 0.457 e. The van der Waals surface area contributed by atoms with Crippen LogP contribution in [0.5, 0.6) is 11.5 Å². The zero-order valence-electron chi connectivity index (χ0n) is 13.0. The number of rotatable bonds is 4. The molecular weight excluding hydrogens is 265 g/mol. The molecule has 0 aliphatic heterocycles. The first kappa shape index (κ1) is 15.5. The Labute approximate surface area is 125 Å². The van der Waals surface area contributed by atoms with Crippen LogP contribution >= 0.6 is 0 Å². The average molecular weight is 287 g/mol. The van der Waals surface area contributed by atoms with Crippen molar-refractivity contribution in [1.29, 1.82) is 0 Å². The third kappa shape index (κ3) is 3.42. The monoisotopic (exact) mass is 287 g/mol. The fourth-order valence-corrected chi connectivity index (χ4v) is 2.25. The van der Waals surface area contributed by atoms with Crippen LogP contribution in [0.2, 0.25) is 0 Å². The Morgan fingerprint density at radius 3 is 2.38 bits per heavy atom. The molecule has 0 saturated carbocycles. The highest BCUT2D eigenvalue weighted by atomic mass is 19.1. The zero-order valence-corrected chi connectivity index (χ0v) is 13.0. The van der Waals surface area contributed by atoms with E-state index in [1.807, 2.05) is 19.1 Å². The summed E-state index contributed by atoms with van der Waals surface area (Å²) in [5, 5.41) is 0. The van der Waals surface area contributed by atoms with Crippen LogP contribution in [0.15, 0.2) is 36.4 Å². The Morgan fingerprint density at radius 1 is 1.05 bits per heavy atom. The molecule has 112 valence electrons. The molecule has 0 heterocycles. The molecule has 2 rings (SSSR count). The van der Waals surface area contributed by atoms with Crippen LogP contribution in [0.1, 0.15) is 49.4 Å². The van der Waals surface area contributed by atoms with E-state index in [1.165, 1.54) is 11.6 Å². The molecular formula is C18H22FNO. The van der Waals surface area contributed by atoms with Gasteiger partial charge in [-0.2, -0.15) is 0 Å². The molecule has 0 amide bonds. The second-order valence-electron chi connectivity index (χ2n) is 5.72. The normalized spacial score (nSPS) is 12.5. The Balaban J connectivity index is 2.43. The van der Waals surface area contributed by atoms with Crippen molar-refractivity contribution in [3.63, 3.8) is 0 Å². The number of aryl methyl sites for hydroxylation is 1. The maximum atomic E-state index is 14.0. The lowest BCUT2D eigenvalue weighted by molar-refractivity contribution is 0.457. The maximum absolute atomic E-state index is 14.0. The first-order valence-electron chi connectivity index (χ1n) is 7.22. The van der Waals surface area contributed by atoms with Gasteiger partial charge >= 0.3 is 0 Å². The highest BCUT2D eigenvalue weighted by Gasteiger charge is 2.15. The second kappa shape index (κ2) is 6.27. The molecule has 2 N–H and O–H groups in total. The predicted molar refractivity (Wildman–Crippen MR) is 84.3 cm³/mol. The van der Waals surface area contributed by atoms with Crippen LogP contribution in [0.4, 0.5) is 4.39 Å². The minimum absolute atomic E-state index is 0.333. The summed E-state index contributed by atoms with van der Waals surface area (Å²) in [4.78, 5) is 0. The van der Waals surface area contributed by atoms with E-state index in [-0.39, 0.29) is 5.82 Å². The van der Waals surface area contributed by atoms with Crippen molar-refractivity contribution in [2.45, 2.75) is 39.7 Å². The van der Waals surface area contributed by atoms with Crippen LogP contribution in [0.25, 0.3) is 0 Å². The summed E-state index contributed by atoms with van der Waals surface area (Å²) in [6, 6.07) is 10.5. The van der Waals surface area contributed by atoms with Crippen molar-refractivity contribution in [1.82, 2.24) is 0 Å². The standard InChI is InChI=1S/C18H22FNO/c1-11(2)14-9-8-12(3)17(10-14)21-16-7-5-6-15(19)18(16)13(4)20/h5-11,13H,20H2,1-4H3. The third-order valence-corrected chi connectivity index (χ3v) is 3.57. The van der Waals surface area contributed by atoms with Crippen LogP contribution in [-0.4, -0.2) is 0 Å². The van der Waals surface area contributed by atoms with Crippen molar-refractivity contribution < 1.29 is 9.13 Å². The summed E-state index contributed by atoms with van der Waals surface area (Å²) in [5.41, 5.74) is 8.48. The molecule has 2 aromatic rings. The molecule has 0 fully saturated rings. The van der Waals surface area contributed by atoms with Gasteiger partial charge in [-0.3, -0.25) is 0 Å². The van der Waals surface area contributed by atoms with Gasteiger partial charge in [0.2, 0.25) is 0 Å². The van der Waals surface area contributed by atoms with E-state index in [1.54, 1.807) is 19.1 Å². The molecule has 0 aromatic heterocycles. The van der Waals surface area contributed by atoms with Crippen LogP contribution in [0.3, 0.4) is 0 Å². The fraction of sp³-hybridized carbons (Fsp3) is 0.333. The molecule has 0 bridgehead atoms. The van der Waals surface area contributed by atoms with Crippen molar-refractivity contribution in [3.8, 4) is 11.5 Å². The van der Waals surface area contributed by atoms with Gasteiger partial charge in [-0.05, 0) is 49.1 Å². The van der Waals surface area contributed by atoms with Crippen LogP contribution < -0.4 is 10.5 Å². The minimum atomic E-state index is -0.421. The van der Waals surface area contributed by atoms with Gasteiger partial charge < -0.3 is 10.5 Å². The topological polar surface area (TPSA) is 35.2 Å². The van der Waals surface area contributed by atoms with E-state index in [0.717, 1.165) is 11.3 Å². The van der Waals surface area contributed by atoms with E-state index in [2.05, 4.69) is 19.9 Å². The summed E-state index contributed by atoms with van der Waals surface area (Å²) >= 11 is 0. The number of nitrogens with two attached hydrogens (primary N) is 1. The van der Waals surface area contributed by atoms with Gasteiger partial charge in [-0.1, -0.05) is 32.0 Å². The first-order chi connectivity index (χ1) is 9.90. The van der Waals surface area contributed by atoms with E-state index < -0.39 is 6.04 Å². The van der Waals surface area contributed by atoms with E-state index in [9.17, 15) is 4.39 Å². The Hall–Kier alpha value is -1.87. The molecule has 0 spiro atoms. The van der Waals surface area contributed by atoms with Gasteiger partial charge in [0.25, 0.3) is 0 Å². The molecule has 0 radical (unpaired) electrons. The summed E-state index contributed by atoms with van der Waals surface area (Å²) in [5.74, 6) is 1.30. The second-order valence-corrected chi connectivity index (χ2v) is 5.72. The quantitative estimate of drug-likeness (QED) is 0.852. The lowest BCUT2D eigenvalue weighted by Gasteiger charge is -2.17. The Kier molecular flexibility index (Phi) is 4.63. The van der Waals surface area contributed by atoms with E-state index in [0.29, 0.717) is 17.2 Å². The van der Waals surface area contributed by atoms with Gasteiger partial charge in [-0.15, -0.1) is 0 Å². The van der Waals surface area contributed by atoms with Gasteiger partial charge in [0.15, 0.2) is 0 Å². The van der Waals surface area contributed by atoms with Gasteiger partial charge in [-0.25, -0.2) is 4.39 Å². The van der Waals surface area contributed by atoms with Gasteiger partial charge in [0.1, 0.15) is 17.3 Å². The summed E-state index contributed by atoms with van der Waals surface area (Å²) in [7, 11) is 0. The van der Waals surface area contributed by atoms with E-state index >= 15 is 0 Å². The molecule has 0 aliphatic carbocycles. The lowest BCUT2D eigenvalue weighted by atomic mass is 10.0. The Morgan fingerprint density at radius 2 is 1.76 bits per heavy atom. The zero-order chi connectivity index (χ0) is 15.6. The van der Waals surface area contributed by atoms with Crippen molar-refractivity contribution >= 4 is 0 Å². The number of halogens is 1. The highest BCUT2D eigenvalue weighted by Crippen LogP contribution is 2.33. The molecule has 2 aromatic carbocycles. The van der Waals surface area contributed by atoms with Crippen molar-refractivity contribution in [2.24, 2.45) is 5.73 Å². The first-order valence-corrected chi connectivity index (χ1v) is 7.22. The molecule has 0 aliphatic rings. The summed E-state index contributed by atoms with van der Waals surface area (Å²) < 4.78 is 19.9. The average Bonchev–Trinajstić information content (AvgIpc) is 2.40. The SMILES string of the molecule is Cc1ccc(C(C)C)cc1Oc1cccc(F)c1C(C)N. The highest BCUT2D eigenvalue weighted by molar-refractivity contribution is 5.44. The summed E-state index contributed by atoms with van der Waals surface area (Å²) in [6.45, 7) is 7.99. The summed E-state index contributed by atoms with van der Waals surface area (Å²) in [6.07, 6.45) is 0. The molecule has 1 unspecified atom stereocenters. The van der Waals surface area contributed by atoms with Crippen LogP contribution in [0, 0.1) is 12.7 Å². The lowest BCUT2D eigenvalue weighted by Crippen LogP contribution is -2.09. The number of benzene rings is 2. The maximum Gasteiger partial charge on any atom is 0.135 e. The molecule has 1 atom stereocenters. The minimum Gasteiger partial charge on any atom is -0.457 e. The number of hydrogen-bond donors (Lipinski definition) is 1. The number of hydrogen-bond acceptors (Lipinski definition) is 2. The van der Waals surface area contributed by atoms with E-state index in [4.69, 9.17) is 10.5 Å². The molecule has 3 heteroatoms. The Bertz CT molecular complexity index is 635. The van der Waals surface area contributed by atoms with Crippen LogP contribution in [-0.2, 0) is 0 Å². The smallest absolute Gasteiger partial charge is 0.135 e. The molecule has 21 heavy (non-hydrogen) atoms. The van der Waals surface area contributed by atoms with Crippen molar-refractivity contribution in [2.75, 3.05) is 0 Å². The third-order valence-electron chi connectivity index (χ3n) is 3.57. The van der Waals surface area contributed by atoms with Gasteiger partial charge in [0, 0.05) is 11.6 Å². The van der Waals surface area contributed by atoms with Gasteiger partial charge in [0.05, 0.1) is 0 Å². The fourth-order valence-electron chi connectivity index (χ4n) is 2.25. The molecule has 0 saturated heterocycles.